The summed E-state index contributed by atoms with van der Waals surface area (Å²) in [6.07, 6.45) is 0.723. The number of halogens is 3. The number of benzene rings is 2. The summed E-state index contributed by atoms with van der Waals surface area (Å²) in [6, 6.07) is 10.0. The van der Waals surface area contributed by atoms with E-state index in [9.17, 15) is 4.79 Å². The molecule has 0 heterocycles. The molecule has 0 fully saturated rings. The largest absolute Gasteiger partial charge is 0.487 e. The van der Waals surface area contributed by atoms with Crippen molar-refractivity contribution in [3.63, 3.8) is 0 Å². The quantitative estimate of drug-likeness (QED) is 0.739. The van der Waals surface area contributed by atoms with Crippen molar-refractivity contribution in [3.05, 3.63) is 62.6 Å². The third kappa shape index (κ3) is 3.41. The Labute approximate surface area is 125 Å². The number of aldehydes is 1. The van der Waals surface area contributed by atoms with Crippen molar-refractivity contribution in [2.75, 3.05) is 0 Å². The SMILES string of the molecule is O=Cc1ccc(OCc2c(Cl)cccc2Cl)c(Cl)c1. The maximum absolute atomic E-state index is 10.6. The fraction of sp³-hybridized carbons (Fsp3) is 0.0714. The first-order valence-electron chi connectivity index (χ1n) is 5.42. The molecule has 2 nitrogen and oxygen atoms in total. The molecule has 0 radical (unpaired) electrons. The smallest absolute Gasteiger partial charge is 0.150 e. The lowest BCUT2D eigenvalue weighted by Gasteiger charge is -2.10. The average Bonchev–Trinajstić information content (AvgIpc) is 2.39. The lowest BCUT2D eigenvalue weighted by Crippen LogP contribution is -1.98. The van der Waals surface area contributed by atoms with Crippen LogP contribution < -0.4 is 4.74 Å². The molecular formula is C14H9Cl3O2. The summed E-state index contributed by atoms with van der Waals surface area (Å²) in [5.74, 6) is 0.475. The van der Waals surface area contributed by atoms with Gasteiger partial charge in [-0.25, -0.2) is 0 Å². The molecule has 0 spiro atoms. The summed E-state index contributed by atoms with van der Waals surface area (Å²) in [7, 11) is 0. The Kier molecular flexibility index (Phi) is 4.70. The number of rotatable bonds is 4. The second-order valence-corrected chi connectivity index (χ2v) is 5.02. The topological polar surface area (TPSA) is 26.3 Å². The van der Waals surface area contributed by atoms with Crippen LogP contribution in [-0.4, -0.2) is 6.29 Å². The van der Waals surface area contributed by atoms with Gasteiger partial charge in [-0.3, -0.25) is 4.79 Å². The van der Waals surface area contributed by atoms with E-state index in [1.807, 2.05) is 0 Å². The zero-order valence-corrected chi connectivity index (χ0v) is 12.0. The Morgan fingerprint density at radius 2 is 1.68 bits per heavy atom. The third-order valence-electron chi connectivity index (χ3n) is 2.53. The molecule has 2 rings (SSSR count). The molecule has 0 amide bonds. The molecule has 0 aliphatic carbocycles. The second kappa shape index (κ2) is 6.29. The Morgan fingerprint density at radius 1 is 1.00 bits per heavy atom. The maximum Gasteiger partial charge on any atom is 0.150 e. The minimum absolute atomic E-state index is 0.207. The lowest BCUT2D eigenvalue weighted by atomic mass is 10.2. The first-order chi connectivity index (χ1) is 9.11. The molecular weight excluding hydrogens is 307 g/mol. The summed E-state index contributed by atoms with van der Waals surface area (Å²) in [4.78, 5) is 10.6. The van der Waals surface area contributed by atoms with Gasteiger partial charge in [-0.15, -0.1) is 0 Å². The van der Waals surface area contributed by atoms with E-state index < -0.39 is 0 Å². The maximum atomic E-state index is 10.6. The number of hydrogen-bond acceptors (Lipinski definition) is 2. The van der Waals surface area contributed by atoms with Crippen molar-refractivity contribution in [2.24, 2.45) is 0 Å². The lowest BCUT2D eigenvalue weighted by molar-refractivity contribution is 0.112. The van der Waals surface area contributed by atoms with Gasteiger partial charge in [0.25, 0.3) is 0 Å². The molecule has 19 heavy (non-hydrogen) atoms. The van der Waals surface area contributed by atoms with E-state index in [0.717, 1.165) is 6.29 Å². The van der Waals surface area contributed by atoms with Gasteiger partial charge < -0.3 is 4.74 Å². The predicted molar refractivity (Wildman–Crippen MR) is 77.6 cm³/mol. The molecule has 0 N–H and O–H groups in total. The standard InChI is InChI=1S/C14H9Cl3O2/c15-11-2-1-3-12(16)10(11)8-19-14-5-4-9(7-18)6-13(14)17/h1-7H,8H2. The number of hydrogen-bond donors (Lipinski definition) is 0. The van der Waals surface area contributed by atoms with Crippen molar-refractivity contribution >= 4 is 41.1 Å². The van der Waals surface area contributed by atoms with Gasteiger partial charge in [0.1, 0.15) is 18.6 Å². The first-order valence-corrected chi connectivity index (χ1v) is 6.55. The zero-order chi connectivity index (χ0) is 13.8. The highest BCUT2D eigenvalue weighted by atomic mass is 35.5. The Hall–Kier alpha value is -1.22. The third-order valence-corrected chi connectivity index (χ3v) is 3.53. The van der Waals surface area contributed by atoms with E-state index in [1.165, 1.54) is 6.07 Å². The van der Waals surface area contributed by atoms with Crippen LogP contribution in [0, 0.1) is 0 Å². The Morgan fingerprint density at radius 3 is 2.26 bits per heavy atom. The van der Waals surface area contributed by atoms with E-state index in [4.69, 9.17) is 39.5 Å². The van der Waals surface area contributed by atoms with Crippen molar-refractivity contribution < 1.29 is 9.53 Å². The molecule has 5 heteroatoms. The van der Waals surface area contributed by atoms with Crippen LogP contribution in [0.4, 0.5) is 0 Å². The monoisotopic (exact) mass is 314 g/mol. The molecule has 0 aliphatic heterocycles. The van der Waals surface area contributed by atoms with Gasteiger partial charge in [-0.2, -0.15) is 0 Å². The van der Waals surface area contributed by atoms with E-state index in [2.05, 4.69) is 0 Å². The van der Waals surface area contributed by atoms with Crippen LogP contribution in [-0.2, 0) is 6.61 Å². The number of carbonyl (C=O) groups excluding carboxylic acids is 1. The van der Waals surface area contributed by atoms with Crippen molar-refractivity contribution in [1.29, 1.82) is 0 Å². The predicted octanol–water partition coefficient (Wildman–Crippen LogP) is 5.04. The van der Waals surface area contributed by atoms with Gasteiger partial charge in [0.2, 0.25) is 0 Å². The summed E-state index contributed by atoms with van der Waals surface area (Å²) in [6.45, 7) is 0.207. The van der Waals surface area contributed by atoms with Gasteiger partial charge in [-0.05, 0) is 30.3 Å². The average molecular weight is 316 g/mol. The minimum Gasteiger partial charge on any atom is -0.487 e. The molecule has 2 aromatic carbocycles. The van der Waals surface area contributed by atoms with Gasteiger partial charge in [-0.1, -0.05) is 40.9 Å². The fourth-order valence-electron chi connectivity index (χ4n) is 1.53. The molecule has 98 valence electrons. The number of carbonyl (C=O) groups is 1. The Bertz CT molecular complexity index is 591. The van der Waals surface area contributed by atoms with Crippen LogP contribution in [0.25, 0.3) is 0 Å². The molecule has 0 saturated heterocycles. The number of ether oxygens (including phenoxy) is 1. The highest BCUT2D eigenvalue weighted by Crippen LogP contribution is 2.29. The van der Waals surface area contributed by atoms with Crippen molar-refractivity contribution in [2.45, 2.75) is 6.61 Å². The van der Waals surface area contributed by atoms with Gasteiger partial charge >= 0.3 is 0 Å². The van der Waals surface area contributed by atoms with E-state index in [-0.39, 0.29) is 6.61 Å². The molecule has 0 unspecified atom stereocenters. The molecule has 2 aromatic rings. The highest BCUT2D eigenvalue weighted by molar-refractivity contribution is 6.36. The van der Waals surface area contributed by atoms with Crippen LogP contribution in [0.1, 0.15) is 15.9 Å². The summed E-state index contributed by atoms with van der Waals surface area (Å²) >= 11 is 18.1. The highest BCUT2D eigenvalue weighted by Gasteiger charge is 2.08. The zero-order valence-electron chi connectivity index (χ0n) is 9.70. The van der Waals surface area contributed by atoms with Crippen LogP contribution >= 0.6 is 34.8 Å². The summed E-state index contributed by atoms with van der Waals surface area (Å²) in [5.41, 5.74) is 1.19. The Balaban J connectivity index is 2.17. The molecule has 0 atom stereocenters. The minimum atomic E-state index is 0.207. The molecule has 0 bridgehead atoms. The molecule has 0 aromatic heterocycles. The van der Waals surface area contributed by atoms with Crippen molar-refractivity contribution in [3.8, 4) is 5.75 Å². The summed E-state index contributed by atoms with van der Waals surface area (Å²) < 4.78 is 5.57. The van der Waals surface area contributed by atoms with Crippen LogP contribution in [0.2, 0.25) is 15.1 Å². The van der Waals surface area contributed by atoms with Crippen LogP contribution in [0.5, 0.6) is 5.75 Å². The first kappa shape index (κ1) is 14.2. The molecule has 0 aliphatic rings. The van der Waals surface area contributed by atoms with Crippen molar-refractivity contribution in [1.82, 2.24) is 0 Å². The van der Waals surface area contributed by atoms with E-state index >= 15 is 0 Å². The van der Waals surface area contributed by atoms with Crippen LogP contribution in [0.15, 0.2) is 36.4 Å². The summed E-state index contributed by atoms with van der Waals surface area (Å²) in [5, 5.41) is 1.44. The normalized spacial score (nSPS) is 10.3. The second-order valence-electron chi connectivity index (χ2n) is 3.80. The van der Waals surface area contributed by atoms with E-state index in [0.29, 0.717) is 31.9 Å². The van der Waals surface area contributed by atoms with Gasteiger partial charge in [0, 0.05) is 21.2 Å². The molecule has 0 saturated carbocycles. The fourth-order valence-corrected chi connectivity index (χ4v) is 2.28. The van der Waals surface area contributed by atoms with Gasteiger partial charge in [0.05, 0.1) is 5.02 Å². The van der Waals surface area contributed by atoms with Gasteiger partial charge in [0.15, 0.2) is 0 Å². The van der Waals surface area contributed by atoms with Crippen LogP contribution in [0.3, 0.4) is 0 Å². The van der Waals surface area contributed by atoms with E-state index in [1.54, 1.807) is 30.3 Å².